The minimum absolute atomic E-state index is 0.131. The summed E-state index contributed by atoms with van der Waals surface area (Å²) >= 11 is 0. The Bertz CT molecular complexity index is 365. The number of nitrogens with one attached hydrogen (secondary N) is 1. The van der Waals surface area contributed by atoms with Crippen LogP contribution in [0.4, 0.5) is 4.79 Å². The fourth-order valence-corrected chi connectivity index (χ4v) is 1.56. The molecule has 4 N–H and O–H groups in total. The van der Waals surface area contributed by atoms with Gasteiger partial charge in [-0.3, -0.25) is 4.79 Å². The molecule has 100 valence electrons. The van der Waals surface area contributed by atoms with E-state index in [1.165, 1.54) is 4.90 Å². The van der Waals surface area contributed by atoms with Crippen molar-refractivity contribution in [3.05, 3.63) is 12.7 Å². The fraction of sp³-hybridized carbons (Fsp3) is 0.545. The van der Waals surface area contributed by atoms with Crippen molar-refractivity contribution in [1.82, 2.24) is 10.2 Å². The van der Waals surface area contributed by atoms with Crippen molar-refractivity contribution in [3.8, 4) is 0 Å². The molecule has 1 saturated carbocycles. The molecule has 0 aromatic rings. The zero-order valence-corrected chi connectivity index (χ0v) is 9.96. The third kappa shape index (κ3) is 4.08. The summed E-state index contributed by atoms with van der Waals surface area (Å²) in [6, 6.07) is -1.67. The number of nitrogens with zero attached hydrogens (tertiary/aromatic N) is 1. The summed E-state index contributed by atoms with van der Waals surface area (Å²) in [5.74, 6) is -2.05. The standard InChI is InChI=1S/C11H17N3O4/c1-2-5-14(7-3-4-7)11(18)13-8(10(16)17)6-9(12)15/h2,7-8H,1,3-6H2,(H2,12,15)(H,13,18)(H,16,17). The molecule has 7 nitrogen and oxygen atoms in total. The highest BCUT2D eigenvalue weighted by Gasteiger charge is 2.33. The van der Waals surface area contributed by atoms with E-state index in [1.54, 1.807) is 6.08 Å². The lowest BCUT2D eigenvalue weighted by molar-refractivity contribution is -0.140. The lowest BCUT2D eigenvalue weighted by Gasteiger charge is -2.23. The number of amides is 3. The Morgan fingerprint density at radius 1 is 1.50 bits per heavy atom. The molecule has 1 rings (SSSR count). The molecule has 0 aromatic carbocycles. The van der Waals surface area contributed by atoms with Crippen LogP contribution in [0.1, 0.15) is 19.3 Å². The van der Waals surface area contributed by atoms with Gasteiger partial charge in [-0.25, -0.2) is 9.59 Å². The second-order valence-electron chi connectivity index (χ2n) is 4.18. The van der Waals surface area contributed by atoms with Gasteiger partial charge in [0.15, 0.2) is 0 Å². The van der Waals surface area contributed by atoms with E-state index in [-0.39, 0.29) is 6.04 Å². The number of rotatable bonds is 7. The van der Waals surface area contributed by atoms with Crippen LogP contribution in [0.15, 0.2) is 12.7 Å². The fourth-order valence-electron chi connectivity index (χ4n) is 1.56. The number of carbonyl (C=O) groups excluding carboxylic acids is 2. The molecule has 0 spiro atoms. The Kier molecular flexibility index (Phi) is 4.70. The van der Waals surface area contributed by atoms with Gasteiger partial charge >= 0.3 is 12.0 Å². The number of urea groups is 1. The molecule has 7 heteroatoms. The third-order valence-corrected chi connectivity index (χ3v) is 2.58. The van der Waals surface area contributed by atoms with Crippen molar-refractivity contribution < 1.29 is 19.5 Å². The molecule has 1 unspecified atom stereocenters. The molecular formula is C11H17N3O4. The first kappa shape index (κ1) is 14.0. The van der Waals surface area contributed by atoms with Crippen LogP contribution in [-0.2, 0) is 9.59 Å². The molecule has 3 amide bonds. The van der Waals surface area contributed by atoms with Crippen LogP contribution >= 0.6 is 0 Å². The molecular weight excluding hydrogens is 238 g/mol. The van der Waals surface area contributed by atoms with Crippen LogP contribution < -0.4 is 11.1 Å². The van der Waals surface area contributed by atoms with E-state index in [0.29, 0.717) is 6.54 Å². The van der Waals surface area contributed by atoms with Gasteiger partial charge < -0.3 is 21.1 Å². The number of aliphatic carboxylic acids is 1. The molecule has 18 heavy (non-hydrogen) atoms. The van der Waals surface area contributed by atoms with Crippen LogP contribution in [0.3, 0.4) is 0 Å². The first-order valence-electron chi connectivity index (χ1n) is 5.64. The van der Waals surface area contributed by atoms with Gasteiger partial charge in [-0.1, -0.05) is 6.08 Å². The summed E-state index contributed by atoms with van der Waals surface area (Å²) in [6.45, 7) is 3.89. The maximum atomic E-state index is 11.9. The Balaban J connectivity index is 2.60. The molecule has 0 aromatic heterocycles. The maximum Gasteiger partial charge on any atom is 0.326 e. The van der Waals surface area contributed by atoms with Gasteiger partial charge in [-0.15, -0.1) is 6.58 Å². The first-order valence-corrected chi connectivity index (χ1v) is 5.64. The van der Waals surface area contributed by atoms with E-state index in [4.69, 9.17) is 10.8 Å². The summed E-state index contributed by atoms with van der Waals surface area (Å²) < 4.78 is 0. The largest absolute Gasteiger partial charge is 0.480 e. The first-order chi connectivity index (χ1) is 8.45. The van der Waals surface area contributed by atoms with Crippen LogP contribution in [0.25, 0.3) is 0 Å². The van der Waals surface area contributed by atoms with Crippen molar-refractivity contribution >= 4 is 17.9 Å². The number of nitrogens with two attached hydrogens (primary N) is 1. The smallest absolute Gasteiger partial charge is 0.326 e. The summed E-state index contributed by atoms with van der Waals surface area (Å²) in [7, 11) is 0. The highest BCUT2D eigenvalue weighted by molar-refractivity contribution is 5.87. The number of hydrogen-bond donors (Lipinski definition) is 3. The Hall–Kier alpha value is -2.05. The molecule has 1 atom stereocenters. The van der Waals surface area contributed by atoms with E-state index in [9.17, 15) is 14.4 Å². The van der Waals surface area contributed by atoms with Crippen molar-refractivity contribution in [1.29, 1.82) is 0 Å². The molecule has 0 heterocycles. The number of primary amides is 1. The summed E-state index contributed by atoms with van der Waals surface area (Å²) in [4.78, 5) is 35.0. The molecule has 0 aliphatic heterocycles. The zero-order chi connectivity index (χ0) is 13.7. The molecule has 0 bridgehead atoms. The highest BCUT2D eigenvalue weighted by atomic mass is 16.4. The molecule has 1 fully saturated rings. The third-order valence-electron chi connectivity index (χ3n) is 2.58. The Morgan fingerprint density at radius 2 is 2.11 bits per heavy atom. The van der Waals surface area contributed by atoms with Crippen LogP contribution in [-0.4, -0.2) is 46.5 Å². The lowest BCUT2D eigenvalue weighted by atomic mass is 10.2. The predicted octanol–water partition coefficient (Wildman–Crippen LogP) is -0.325. The normalized spacial score (nSPS) is 15.6. The van der Waals surface area contributed by atoms with Gasteiger partial charge in [0, 0.05) is 12.6 Å². The average molecular weight is 255 g/mol. The lowest BCUT2D eigenvalue weighted by Crippen LogP contribution is -2.50. The van der Waals surface area contributed by atoms with E-state index in [1.807, 2.05) is 0 Å². The van der Waals surface area contributed by atoms with Gasteiger partial charge in [0.25, 0.3) is 0 Å². The van der Waals surface area contributed by atoms with Gasteiger partial charge in [0.05, 0.1) is 6.42 Å². The van der Waals surface area contributed by atoms with Crippen molar-refractivity contribution in [2.45, 2.75) is 31.3 Å². The van der Waals surface area contributed by atoms with Crippen molar-refractivity contribution in [3.63, 3.8) is 0 Å². The molecule has 1 aliphatic rings. The highest BCUT2D eigenvalue weighted by Crippen LogP contribution is 2.26. The number of carboxylic acid groups (broad SMARTS) is 1. The van der Waals surface area contributed by atoms with Crippen LogP contribution in [0.5, 0.6) is 0 Å². The second-order valence-corrected chi connectivity index (χ2v) is 4.18. The maximum absolute atomic E-state index is 11.9. The van der Waals surface area contributed by atoms with E-state index in [0.717, 1.165) is 12.8 Å². The predicted molar refractivity (Wildman–Crippen MR) is 63.7 cm³/mol. The molecule has 1 aliphatic carbocycles. The topological polar surface area (TPSA) is 113 Å². The van der Waals surface area contributed by atoms with E-state index < -0.39 is 30.4 Å². The minimum atomic E-state index is -1.29. The van der Waals surface area contributed by atoms with E-state index >= 15 is 0 Å². The van der Waals surface area contributed by atoms with Crippen LogP contribution in [0, 0.1) is 0 Å². The Labute approximate surface area is 105 Å². The average Bonchev–Trinajstić information content (AvgIpc) is 3.07. The summed E-state index contributed by atoms with van der Waals surface area (Å²) in [5, 5.41) is 11.2. The van der Waals surface area contributed by atoms with Crippen molar-refractivity contribution in [2.75, 3.05) is 6.54 Å². The Morgan fingerprint density at radius 3 is 2.50 bits per heavy atom. The summed E-state index contributed by atoms with van der Waals surface area (Å²) in [5.41, 5.74) is 4.93. The van der Waals surface area contributed by atoms with E-state index in [2.05, 4.69) is 11.9 Å². The van der Waals surface area contributed by atoms with Gasteiger partial charge in [-0.2, -0.15) is 0 Å². The number of hydrogen-bond acceptors (Lipinski definition) is 3. The van der Waals surface area contributed by atoms with Gasteiger partial charge in [-0.05, 0) is 12.8 Å². The van der Waals surface area contributed by atoms with Crippen molar-refractivity contribution in [2.24, 2.45) is 5.73 Å². The van der Waals surface area contributed by atoms with Gasteiger partial charge in [0.2, 0.25) is 5.91 Å². The molecule has 0 saturated heterocycles. The SMILES string of the molecule is C=CCN(C(=O)NC(CC(N)=O)C(=O)O)C1CC1. The number of carboxylic acids is 1. The summed E-state index contributed by atoms with van der Waals surface area (Å²) in [6.07, 6.45) is 2.94. The monoisotopic (exact) mass is 255 g/mol. The molecule has 0 radical (unpaired) electrons. The zero-order valence-electron chi connectivity index (χ0n) is 9.96. The number of carbonyl (C=O) groups is 3. The van der Waals surface area contributed by atoms with Crippen LogP contribution in [0.2, 0.25) is 0 Å². The quantitative estimate of drug-likeness (QED) is 0.541. The minimum Gasteiger partial charge on any atom is -0.480 e. The second kappa shape index (κ2) is 6.04. The van der Waals surface area contributed by atoms with Gasteiger partial charge in [0.1, 0.15) is 6.04 Å².